The summed E-state index contributed by atoms with van der Waals surface area (Å²) in [6.07, 6.45) is 2.90. The fourth-order valence-corrected chi connectivity index (χ4v) is 2.43. The minimum atomic E-state index is -0.892. The minimum Gasteiger partial charge on any atom is -0.618 e. The Hall–Kier alpha value is -3.75. The van der Waals surface area contributed by atoms with Gasteiger partial charge in [0.2, 0.25) is 5.52 Å². The smallest absolute Gasteiger partial charge is 0.406 e. The van der Waals surface area contributed by atoms with Gasteiger partial charge in [-0.2, -0.15) is 4.73 Å². The number of fused-ring (bicyclic) bond motifs is 1. The van der Waals surface area contributed by atoms with Gasteiger partial charge >= 0.3 is 17.6 Å². The second kappa shape index (κ2) is 7.65. The molecule has 0 spiro atoms. The second-order valence-electron chi connectivity index (χ2n) is 5.36. The van der Waals surface area contributed by atoms with E-state index in [-0.39, 0.29) is 29.1 Å². The van der Waals surface area contributed by atoms with E-state index < -0.39 is 11.9 Å². The number of aromatic nitrogens is 3. The molecule has 0 saturated heterocycles. The van der Waals surface area contributed by atoms with Crippen molar-refractivity contribution in [2.45, 2.75) is 6.61 Å². The maximum Gasteiger partial charge on any atom is 0.406 e. The number of hydrogen-bond donors (Lipinski definition) is 0. The molecule has 1 aromatic carbocycles. The quantitative estimate of drug-likeness (QED) is 0.377. The van der Waals surface area contributed by atoms with Crippen LogP contribution in [0, 0.1) is 5.21 Å². The average Bonchev–Trinajstić information content (AvgIpc) is 2.72. The highest BCUT2D eigenvalue weighted by Crippen LogP contribution is 2.19. The zero-order valence-corrected chi connectivity index (χ0v) is 14.5. The number of ether oxygens (including phenoxy) is 3. The van der Waals surface area contributed by atoms with Crippen LogP contribution in [0.5, 0.6) is 5.75 Å². The summed E-state index contributed by atoms with van der Waals surface area (Å²) >= 11 is 0. The van der Waals surface area contributed by atoms with Crippen LogP contribution in [0.4, 0.5) is 0 Å². The van der Waals surface area contributed by atoms with Crippen molar-refractivity contribution < 1.29 is 28.5 Å². The highest BCUT2D eigenvalue weighted by Gasteiger charge is 2.28. The van der Waals surface area contributed by atoms with E-state index in [1.54, 1.807) is 12.1 Å². The third kappa shape index (κ3) is 3.61. The summed E-state index contributed by atoms with van der Waals surface area (Å²) in [6, 6.07) is 7.61. The van der Waals surface area contributed by atoms with E-state index in [0.717, 1.165) is 7.11 Å². The predicted molar refractivity (Wildman–Crippen MR) is 92.0 cm³/mol. The van der Waals surface area contributed by atoms with Gasteiger partial charge in [-0.15, -0.1) is 0 Å². The Kier molecular flexibility index (Phi) is 5.11. The van der Waals surface area contributed by atoms with Gasteiger partial charge < -0.3 is 19.4 Å². The van der Waals surface area contributed by atoms with Crippen LogP contribution in [0.3, 0.4) is 0 Å². The first-order valence-electron chi connectivity index (χ1n) is 7.80. The lowest BCUT2D eigenvalue weighted by Crippen LogP contribution is -2.38. The van der Waals surface area contributed by atoms with Crippen molar-refractivity contribution in [3.05, 3.63) is 64.9 Å². The van der Waals surface area contributed by atoms with E-state index >= 15 is 0 Å². The number of esters is 2. The van der Waals surface area contributed by atoms with Crippen LogP contribution in [0.1, 0.15) is 26.5 Å². The van der Waals surface area contributed by atoms with Crippen LogP contribution >= 0.6 is 0 Å². The van der Waals surface area contributed by atoms with E-state index in [1.807, 2.05) is 0 Å². The summed E-state index contributed by atoms with van der Waals surface area (Å²) in [5.74, 6) is -1.10. The Morgan fingerprint density at radius 2 is 1.85 bits per heavy atom. The molecule has 0 aliphatic rings. The monoisotopic (exact) mass is 369 g/mol. The van der Waals surface area contributed by atoms with Crippen molar-refractivity contribution in [2.75, 3.05) is 14.2 Å². The van der Waals surface area contributed by atoms with Crippen molar-refractivity contribution >= 4 is 23.0 Å². The van der Waals surface area contributed by atoms with Gasteiger partial charge in [-0.3, -0.25) is 4.98 Å². The van der Waals surface area contributed by atoms with Gasteiger partial charge in [0.15, 0.2) is 5.69 Å². The molecule has 2 aromatic heterocycles. The molecule has 0 radical (unpaired) electrons. The van der Waals surface area contributed by atoms with Crippen LogP contribution in [0.15, 0.2) is 42.7 Å². The molecule has 138 valence electrons. The van der Waals surface area contributed by atoms with Gasteiger partial charge in [0.1, 0.15) is 17.9 Å². The summed E-state index contributed by atoms with van der Waals surface area (Å²) in [5.41, 5.74) is 0.343. The van der Waals surface area contributed by atoms with Gasteiger partial charge in [0, 0.05) is 12.4 Å². The first-order chi connectivity index (χ1) is 13.0. The van der Waals surface area contributed by atoms with Crippen molar-refractivity contribution in [2.24, 2.45) is 0 Å². The maximum absolute atomic E-state index is 12.7. The number of carbonyl (C=O) groups is 2. The van der Waals surface area contributed by atoms with Crippen molar-refractivity contribution in [3.63, 3.8) is 0 Å². The van der Waals surface area contributed by atoms with Gasteiger partial charge in [-0.05, 0) is 24.3 Å². The van der Waals surface area contributed by atoms with Crippen LogP contribution in [-0.4, -0.2) is 36.1 Å². The van der Waals surface area contributed by atoms with Crippen molar-refractivity contribution in [1.82, 2.24) is 9.97 Å². The molecule has 2 heterocycles. The summed E-state index contributed by atoms with van der Waals surface area (Å²) in [5, 5.41) is 12.7. The molecule has 0 saturated carbocycles. The topological polar surface area (TPSA) is 115 Å². The van der Waals surface area contributed by atoms with Gasteiger partial charge in [0.05, 0.1) is 25.8 Å². The summed E-state index contributed by atoms with van der Waals surface area (Å²) in [4.78, 5) is 32.3. The second-order valence-corrected chi connectivity index (χ2v) is 5.36. The Morgan fingerprint density at radius 3 is 2.52 bits per heavy atom. The van der Waals surface area contributed by atoms with Crippen LogP contribution in [-0.2, 0) is 16.1 Å². The normalized spacial score (nSPS) is 10.4. The van der Waals surface area contributed by atoms with E-state index in [4.69, 9.17) is 9.47 Å². The molecule has 3 rings (SSSR count). The molecule has 0 amide bonds. The molecule has 9 heteroatoms. The highest BCUT2D eigenvalue weighted by molar-refractivity contribution is 5.90. The molecule has 0 atom stereocenters. The van der Waals surface area contributed by atoms with E-state index in [0.29, 0.717) is 16.0 Å². The molecular weight excluding hydrogens is 354 g/mol. The molecule has 0 unspecified atom stereocenters. The lowest BCUT2D eigenvalue weighted by molar-refractivity contribution is -0.581. The lowest BCUT2D eigenvalue weighted by Gasteiger charge is -2.11. The Labute approximate surface area is 153 Å². The zero-order valence-electron chi connectivity index (χ0n) is 14.5. The first-order valence-corrected chi connectivity index (χ1v) is 7.80. The molecule has 3 aromatic rings. The van der Waals surface area contributed by atoms with Crippen LogP contribution in [0.25, 0.3) is 11.0 Å². The van der Waals surface area contributed by atoms with E-state index in [9.17, 15) is 14.8 Å². The van der Waals surface area contributed by atoms with Crippen LogP contribution in [0.2, 0.25) is 0 Å². The fraction of sp³-hybridized carbons (Fsp3) is 0.167. The fourth-order valence-electron chi connectivity index (χ4n) is 2.43. The number of hydrogen-bond acceptors (Lipinski definition) is 8. The molecular formula is C18H15N3O6. The summed E-state index contributed by atoms with van der Waals surface area (Å²) in [7, 11) is 2.60. The number of carbonyl (C=O) groups excluding carboxylic acids is 2. The van der Waals surface area contributed by atoms with Crippen LogP contribution < -0.4 is 9.47 Å². The number of benzene rings is 1. The number of pyridine rings is 1. The Balaban J connectivity index is 2.00. The summed E-state index contributed by atoms with van der Waals surface area (Å²) in [6.45, 7) is -0.379. The zero-order chi connectivity index (χ0) is 19.4. The van der Waals surface area contributed by atoms with E-state index in [2.05, 4.69) is 14.7 Å². The third-order valence-electron chi connectivity index (χ3n) is 3.77. The first kappa shape index (κ1) is 18.1. The molecule has 27 heavy (non-hydrogen) atoms. The number of methoxy groups -OCH3 is 2. The maximum atomic E-state index is 12.7. The molecule has 0 bridgehead atoms. The van der Waals surface area contributed by atoms with Gasteiger partial charge in [-0.1, -0.05) is 0 Å². The van der Waals surface area contributed by atoms with Crippen molar-refractivity contribution in [1.29, 1.82) is 0 Å². The largest absolute Gasteiger partial charge is 0.618 e. The molecule has 0 aliphatic heterocycles. The number of rotatable bonds is 5. The highest BCUT2D eigenvalue weighted by atomic mass is 16.5. The Bertz CT molecular complexity index is 1010. The standard InChI is InChI=1S/C18H15N3O6/c1-25-12-3-4-13-15(9-12)21(24)16(18(23)26-2)14(20-13)10-27-17(22)11-5-7-19-8-6-11/h3-9H,10H2,1-2H3. The average molecular weight is 369 g/mol. The minimum absolute atomic E-state index is 0.0167. The SMILES string of the molecule is COC(=O)c1c(COC(=O)c2ccncc2)nc2ccc(OC)cc2[n+]1[O-]. The molecule has 0 aliphatic carbocycles. The van der Waals surface area contributed by atoms with Gasteiger partial charge in [0.25, 0.3) is 0 Å². The Morgan fingerprint density at radius 1 is 1.11 bits per heavy atom. The molecule has 9 nitrogen and oxygen atoms in total. The lowest BCUT2D eigenvalue weighted by atomic mass is 10.2. The molecule has 0 N–H and O–H groups in total. The molecule has 0 fully saturated rings. The predicted octanol–water partition coefficient (Wildman–Crippen LogP) is 1.42. The van der Waals surface area contributed by atoms with E-state index in [1.165, 1.54) is 37.7 Å². The number of nitrogens with zero attached hydrogens (tertiary/aromatic N) is 3. The summed E-state index contributed by atoms with van der Waals surface area (Å²) < 4.78 is 15.3. The van der Waals surface area contributed by atoms with Gasteiger partial charge in [-0.25, -0.2) is 14.6 Å². The van der Waals surface area contributed by atoms with Crippen molar-refractivity contribution in [3.8, 4) is 5.75 Å². The third-order valence-corrected chi connectivity index (χ3v) is 3.77.